The first-order chi connectivity index (χ1) is 11.0. The predicted molar refractivity (Wildman–Crippen MR) is 90.0 cm³/mol. The molecule has 0 spiro atoms. The number of rotatable bonds is 3. The second-order valence-corrected chi connectivity index (χ2v) is 6.42. The van der Waals surface area contributed by atoms with Crippen molar-refractivity contribution < 1.29 is 9.18 Å². The van der Waals surface area contributed by atoms with Gasteiger partial charge in [0.15, 0.2) is 0 Å². The van der Waals surface area contributed by atoms with Crippen LogP contribution in [0.5, 0.6) is 0 Å². The van der Waals surface area contributed by atoms with E-state index >= 15 is 0 Å². The Morgan fingerprint density at radius 2 is 2.00 bits per heavy atom. The number of ketones is 1. The first-order valence-corrected chi connectivity index (χ1v) is 7.86. The molecule has 3 nitrogen and oxygen atoms in total. The maximum absolute atomic E-state index is 13.1. The molecule has 2 aliphatic rings. The number of hydrazine groups is 1. The molecule has 2 aliphatic carbocycles. The van der Waals surface area contributed by atoms with Crippen LogP contribution in [-0.2, 0) is 4.79 Å². The topological polar surface area (TPSA) is 46.3 Å². The second kappa shape index (κ2) is 5.78. The number of anilines is 1. The minimum absolute atomic E-state index is 0.291. The Bertz CT molecular complexity index is 717. The van der Waals surface area contributed by atoms with Crippen LogP contribution in [0.15, 0.2) is 59.8 Å². The maximum atomic E-state index is 13.1. The number of halogens is 1. The quantitative estimate of drug-likeness (QED) is 0.677. The van der Waals surface area contributed by atoms with Gasteiger partial charge in [-0.05, 0) is 62.1 Å². The summed E-state index contributed by atoms with van der Waals surface area (Å²) in [5, 5.41) is 1.54. The van der Waals surface area contributed by atoms with E-state index in [1.165, 1.54) is 12.1 Å². The van der Waals surface area contributed by atoms with Crippen LogP contribution < -0.4 is 10.9 Å². The molecule has 1 aromatic rings. The number of benzene rings is 1. The molecule has 0 amide bonds. The molecule has 4 heteroatoms. The minimum atomic E-state index is -0.436. The lowest BCUT2D eigenvalue weighted by molar-refractivity contribution is -0.127. The third kappa shape index (κ3) is 2.63. The third-order valence-corrected chi connectivity index (χ3v) is 4.97. The maximum Gasteiger partial charge on any atom is 0.143 e. The van der Waals surface area contributed by atoms with E-state index in [0.717, 1.165) is 29.7 Å². The molecule has 0 aromatic heterocycles. The summed E-state index contributed by atoms with van der Waals surface area (Å²) in [6, 6.07) is 6.05. The van der Waals surface area contributed by atoms with Gasteiger partial charge in [0.05, 0.1) is 16.8 Å². The second-order valence-electron chi connectivity index (χ2n) is 6.42. The molecule has 3 rings (SSSR count). The van der Waals surface area contributed by atoms with Crippen molar-refractivity contribution in [1.82, 2.24) is 0 Å². The molecular weight excluding hydrogens is 291 g/mol. The predicted octanol–water partition coefficient (Wildman–Crippen LogP) is 4.04. The Balaban J connectivity index is 2.02. The Morgan fingerprint density at radius 3 is 2.65 bits per heavy atom. The lowest BCUT2D eigenvalue weighted by atomic mass is 9.64. The van der Waals surface area contributed by atoms with Crippen LogP contribution in [0.4, 0.5) is 10.1 Å². The van der Waals surface area contributed by atoms with Crippen molar-refractivity contribution in [3.8, 4) is 0 Å². The van der Waals surface area contributed by atoms with Crippen LogP contribution in [-0.4, -0.2) is 5.78 Å². The van der Waals surface area contributed by atoms with Crippen molar-refractivity contribution in [3.05, 3.63) is 65.7 Å². The van der Waals surface area contributed by atoms with E-state index in [1.807, 2.05) is 13.0 Å². The van der Waals surface area contributed by atoms with E-state index in [9.17, 15) is 9.18 Å². The van der Waals surface area contributed by atoms with Crippen LogP contribution in [0, 0.1) is 11.2 Å². The van der Waals surface area contributed by atoms with Crippen molar-refractivity contribution in [3.63, 3.8) is 0 Å². The molecule has 120 valence electrons. The van der Waals surface area contributed by atoms with E-state index in [1.54, 1.807) is 23.2 Å². The summed E-state index contributed by atoms with van der Waals surface area (Å²) in [7, 11) is 0. The van der Waals surface area contributed by atoms with Gasteiger partial charge in [-0.15, -0.1) is 0 Å². The van der Waals surface area contributed by atoms with Crippen molar-refractivity contribution in [2.75, 3.05) is 5.01 Å². The zero-order chi connectivity index (χ0) is 16.6. The number of carbonyl (C=O) groups excluding carboxylic acids is 1. The zero-order valence-electron chi connectivity index (χ0n) is 13.3. The molecule has 0 heterocycles. The highest BCUT2D eigenvalue weighted by molar-refractivity contribution is 5.90. The van der Waals surface area contributed by atoms with Crippen molar-refractivity contribution >= 4 is 11.5 Å². The van der Waals surface area contributed by atoms with Crippen molar-refractivity contribution in [1.29, 1.82) is 0 Å². The van der Waals surface area contributed by atoms with Gasteiger partial charge in [-0.3, -0.25) is 9.80 Å². The van der Waals surface area contributed by atoms with Gasteiger partial charge in [0.2, 0.25) is 0 Å². The van der Waals surface area contributed by atoms with Crippen molar-refractivity contribution in [2.24, 2.45) is 11.3 Å². The van der Waals surface area contributed by atoms with Gasteiger partial charge in [-0.25, -0.2) is 10.2 Å². The van der Waals surface area contributed by atoms with Crippen LogP contribution in [0.25, 0.3) is 0 Å². The lowest BCUT2D eigenvalue weighted by Gasteiger charge is -2.40. The van der Waals surface area contributed by atoms with Gasteiger partial charge >= 0.3 is 0 Å². The normalized spacial score (nSPS) is 24.1. The molecular formula is C19H21FN2O. The number of nitrogens with two attached hydrogens (primary N) is 1. The number of fused-ring (bicyclic) bond motifs is 1. The van der Waals surface area contributed by atoms with Gasteiger partial charge in [0.25, 0.3) is 0 Å². The number of nitrogens with zero attached hydrogens (tertiary/aromatic N) is 1. The van der Waals surface area contributed by atoms with Crippen LogP contribution in [0.2, 0.25) is 0 Å². The molecule has 1 fully saturated rings. The van der Waals surface area contributed by atoms with E-state index in [0.29, 0.717) is 24.3 Å². The molecule has 0 aliphatic heterocycles. The highest BCUT2D eigenvalue weighted by Gasteiger charge is 2.42. The summed E-state index contributed by atoms with van der Waals surface area (Å²) >= 11 is 0. The number of Topliss-reactive ketones (excluding diaryl/α,β-unsaturated/α-hetero) is 1. The highest BCUT2D eigenvalue weighted by Crippen LogP contribution is 2.47. The number of allylic oxidation sites excluding steroid dienone is 4. The third-order valence-electron chi connectivity index (χ3n) is 4.97. The van der Waals surface area contributed by atoms with Gasteiger partial charge in [0.1, 0.15) is 11.6 Å². The molecule has 1 saturated carbocycles. The van der Waals surface area contributed by atoms with E-state index in [2.05, 4.69) is 6.58 Å². The first kappa shape index (κ1) is 15.7. The molecule has 2 N–H and O–H groups in total. The van der Waals surface area contributed by atoms with Gasteiger partial charge in [0, 0.05) is 6.42 Å². The van der Waals surface area contributed by atoms with Crippen molar-refractivity contribution in [2.45, 2.75) is 32.6 Å². The fourth-order valence-corrected chi connectivity index (χ4v) is 3.48. The summed E-state index contributed by atoms with van der Waals surface area (Å²) in [5.41, 5.74) is 3.16. The van der Waals surface area contributed by atoms with Crippen LogP contribution in [0.3, 0.4) is 0 Å². The SMILES string of the molecule is C=CC1=C(N(N)c2ccc(F)cc2)C=C2CCCC(=O)C2(C)C1. The molecule has 1 unspecified atom stereocenters. The summed E-state index contributed by atoms with van der Waals surface area (Å²) in [6.45, 7) is 5.89. The Kier molecular flexibility index (Phi) is 3.94. The molecule has 0 saturated heterocycles. The van der Waals surface area contributed by atoms with Gasteiger partial charge in [-0.2, -0.15) is 0 Å². The average Bonchev–Trinajstić information content (AvgIpc) is 2.55. The highest BCUT2D eigenvalue weighted by atomic mass is 19.1. The molecule has 1 aromatic carbocycles. The number of hydrogen-bond donors (Lipinski definition) is 1. The average molecular weight is 312 g/mol. The molecule has 0 radical (unpaired) electrons. The molecule has 1 atom stereocenters. The van der Waals surface area contributed by atoms with Gasteiger partial charge in [-0.1, -0.05) is 18.2 Å². The summed E-state index contributed by atoms with van der Waals surface area (Å²) in [4.78, 5) is 12.4. The fourth-order valence-electron chi connectivity index (χ4n) is 3.48. The fraction of sp³-hybridized carbons (Fsp3) is 0.316. The van der Waals surface area contributed by atoms with E-state index in [-0.39, 0.29) is 5.82 Å². The Labute approximate surface area is 135 Å². The monoisotopic (exact) mass is 312 g/mol. The first-order valence-electron chi connectivity index (χ1n) is 7.86. The van der Waals surface area contributed by atoms with Gasteiger partial charge < -0.3 is 0 Å². The largest absolute Gasteiger partial charge is 0.299 e. The number of carbonyl (C=O) groups is 1. The van der Waals surface area contributed by atoms with E-state index < -0.39 is 5.41 Å². The summed E-state index contributed by atoms with van der Waals surface area (Å²) in [6.07, 6.45) is 6.83. The smallest absolute Gasteiger partial charge is 0.143 e. The minimum Gasteiger partial charge on any atom is -0.299 e. The number of hydrogen-bond acceptors (Lipinski definition) is 3. The van der Waals surface area contributed by atoms with Crippen LogP contribution in [0.1, 0.15) is 32.6 Å². The van der Waals surface area contributed by atoms with Crippen LogP contribution >= 0.6 is 0 Å². The summed E-state index contributed by atoms with van der Waals surface area (Å²) < 4.78 is 13.1. The lowest BCUT2D eigenvalue weighted by Crippen LogP contribution is -2.39. The van der Waals surface area contributed by atoms with E-state index in [4.69, 9.17) is 5.84 Å². The Hall–Kier alpha value is -2.20. The summed E-state index contributed by atoms with van der Waals surface area (Å²) in [5.74, 6) is 6.25. The molecule has 0 bridgehead atoms. The molecule has 23 heavy (non-hydrogen) atoms. The Morgan fingerprint density at radius 1 is 1.30 bits per heavy atom. The zero-order valence-corrected chi connectivity index (χ0v) is 13.3. The standard InChI is InChI=1S/C19H21FN2O/c1-3-13-12-19(2)14(5-4-6-18(19)23)11-17(13)22(21)16-9-7-15(20)8-10-16/h3,7-11H,1,4-6,12,21H2,2H3.